The minimum absolute atomic E-state index is 0.0280. The number of methoxy groups -OCH3 is 1. The number of thiophene rings is 1. The molecular weight excluding hydrogens is 360 g/mol. The van der Waals surface area contributed by atoms with Crippen molar-refractivity contribution in [2.45, 2.75) is 9.10 Å². The molecule has 0 saturated heterocycles. The Morgan fingerprint density at radius 1 is 1.13 bits per heavy atom. The first-order chi connectivity index (χ1) is 10.8. The number of nitrogens with one attached hydrogen (secondary N) is 1. The van der Waals surface area contributed by atoms with E-state index in [9.17, 15) is 16.8 Å². The van der Waals surface area contributed by atoms with Gasteiger partial charge >= 0.3 is 0 Å². The second-order valence-electron chi connectivity index (χ2n) is 4.52. The Morgan fingerprint density at radius 2 is 1.78 bits per heavy atom. The first-order valence-electron chi connectivity index (χ1n) is 6.41. The third-order valence-corrected chi connectivity index (χ3v) is 7.58. The van der Waals surface area contributed by atoms with Crippen LogP contribution in [-0.4, -0.2) is 42.0 Å². The van der Waals surface area contributed by atoms with Crippen molar-refractivity contribution in [3.8, 4) is 5.75 Å². The predicted molar refractivity (Wildman–Crippen MR) is 87.5 cm³/mol. The Bertz CT molecular complexity index is 844. The van der Waals surface area contributed by atoms with E-state index < -0.39 is 20.0 Å². The summed E-state index contributed by atoms with van der Waals surface area (Å²) in [5.41, 5.74) is 0. The summed E-state index contributed by atoms with van der Waals surface area (Å²) in [6, 6.07) is 8.88. The largest absolute Gasteiger partial charge is 0.497 e. The summed E-state index contributed by atoms with van der Waals surface area (Å²) in [4.78, 5) is 0.0280. The van der Waals surface area contributed by atoms with E-state index in [4.69, 9.17) is 4.74 Å². The van der Waals surface area contributed by atoms with Crippen molar-refractivity contribution in [2.75, 3.05) is 20.8 Å². The summed E-state index contributed by atoms with van der Waals surface area (Å²) in [6.45, 7) is -0.366. The molecule has 1 aromatic heterocycles. The second kappa shape index (κ2) is 6.97. The van der Waals surface area contributed by atoms with Gasteiger partial charge in [-0.25, -0.2) is 16.8 Å². The summed E-state index contributed by atoms with van der Waals surface area (Å²) < 4.78 is 57.1. The highest BCUT2D eigenvalue weighted by molar-refractivity contribution is 7.91. The lowest BCUT2D eigenvalue weighted by atomic mass is 10.3. The number of nitrogens with zero attached hydrogens (tertiary/aromatic N) is 1. The van der Waals surface area contributed by atoms with Crippen LogP contribution in [0.4, 0.5) is 0 Å². The molecule has 0 bridgehead atoms. The fraction of sp³-hybridized carbons (Fsp3) is 0.231. The van der Waals surface area contributed by atoms with E-state index >= 15 is 0 Å². The van der Waals surface area contributed by atoms with Crippen molar-refractivity contribution in [1.82, 2.24) is 9.03 Å². The molecule has 10 heteroatoms. The quantitative estimate of drug-likeness (QED) is 0.736. The zero-order chi connectivity index (χ0) is 17.1. The van der Waals surface area contributed by atoms with Crippen LogP contribution in [0.1, 0.15) is 0 Å². The van der Waals surface area contributed by atoms with E-state index in [1.165, 1.54) is 44.5 Å². The summed E-state index contributed by atoms with van der Waals surface area (Å²) in [7, 11) is -4.73. The van der Waals surface area contributed by atoms with Crippen molar-refractivity contribution in [3.05, 3.63) is 41.8 Å². The van der Waals surface area contributed by atoms with Crippen LogP contribution < -0.4 is 9.46 Å². The number of hydrogen-bond donors (Lipinski definition) is 1. The highest BCUT2D eigenvalue weighted by atomic mass is 32.2. The molecule has 0 radical (unpaired) electrons. The lowest BCUT2D eigenvalue weighted by Gasteiger charge is -2.16. The zero-order valence-corrected chi connectivity index (χ0v) is 14.9. The molecule has 23 heavy (non-hydrogen) atoms. The van der Waals surface area contributed by atoms with Crippen LogP contribution in [0.25, 0.3) is 0 Å². The molecule has 0 fully saturated rings. The highest BCUT2D eigenvalue weighted by Gasteiger charge is 2.23. The van der Waals surface area contributed by atoms with Crippen LogP contribution in [0.15, 0.2) is 50.9 Å². The van der Waals surface area contributed by atoms with Crippen molar-refractivity contribution >= 4 is 31.4 Å². The number of hydrogen-bond acceptors (Lipinski definition) is 6. The van der Waals surface area contributed by atoms with E-state index in [2.05, 4.69) is 4.72 Å². The molecule has 0 aliphatic rings. The van der Waals surface area contributed by atoms with Gasteiger partial charge in [0.15, 0.2) is 0 Å². The molecule has 126 valence electrons. The first-order valence-corrected chi connectivity index (χ1v) is 10.2. The lowest BCUT2D eigenvalue weighted by Crippen LogP contribution is -2.38. The van der Waals surface area contributed by atoms with Gasteiger partial charge in [-0.1, -0.05) is 6.07 Å². The highest BCUT2D eigenvalue weighted by Crippen LogP contribution is 2.20. The number of rotatable bonds is 7. The first kappa shape index (κ1) is 17.9. The number of ether oxygens (including phenoxy) is 1. The molecule has 1 aromatic carbocycles. The fourth-order valence-electron chi connectivity index (χ4n) is 1.66. The van der Waals surface area contributed by atoms with Gasteiger partial charge in [0.1, 0.15) is 9.96 Å². The molecular formula is C13H16N2O5S3. The lowest BCUT2D eigenvalue weighted by molar-refractivity contribution is 0.414. The minimum Gasteiger partial charge on any atom is -0.497 e. The number of benzene rings is 1. The average molecular weight is 376 g/mol. The fourth-order valence-corrected chi connectivity index (χ4v) is 5.04. The molecule has 2 rings (SSSR count). The monoisotopic (exact) mass is 376 g/mol. The maximum atomic E-state index is 12.2. The smallest absolute Gasteiger partial charge is 0.253 e. The molecule has 2 aromatic rings. The molecule has 1 heterocycles. The van der Waals surface area contributed by atoms with Crippen LogP contribution in [-0.2, 0) is 20.0 Å². The Labute approximate surface area is 139 Å². The molecule has 7 nitrogen and oxygen atoms in total. The molecule has 0 unspecified atom stereocenters. The van der Waals surface area contributed by atoms with Gasteiger partial charge in [0, 0.05) is 7.05 Å². The van der Waals surface area contributed by atoms with E-state index in [0.29, 0.717) is 5.75 Å². The van der Waals surface area contributed by atoms with Crippen LogP contribution >= 0.6 is 11.3 Å². The van der Waals surface area contributed by atoms with E-state index in [1.54, 1.807) is 11.4 Å². The van der Waals surface area contributed by atoms with Crippen LogP contribution in [0.5, 0.6) is 5.75 Å². The molecule has 0 atom stereocenters. The van der Waals surface area contributed by atoms with Gasteiger partial charge in [-0.15, -0.1) is 11.3 Å². The summed E-state index contributed by atoms with van der Waals surface area (Å²) in [6.07, 6.45) is 0. The van der Waals surface area contributed by atoms with E-state index in [-0.39, 0.29) is 15.8 Å². The third-order valence-electron chi connectivity index (χ3n) is 3.01. The topological polar surface area (TPSA) is 92.8 Å². The minimum atomic E-state index is -3.82. The molecule has 0 spiro atoms. The van der Waals surface area contributed by atoms with Crippen molar-refractivity contribution in [1.29, 1.82) is 0 Å². The third kappa shape index (κ3) is 4.09. The maximum Gasteiger partial charge on any atom is 0.253 e. The molecule has 0 aliphatic carbocycles. The zero-order valence-electron chi connectivity index (χ0n) is 12.5. The summed E-state index contributed by atoms with van der Waals surface area (Å²) in [5, 5.41) is 1.64. The average Bonchev–Trinajstić information content (AvgIpc) is 3.08. The summed E-state index contributed by atoms with van der Waals surface area (Å²) >= 11 is 1.07. The van der Waals surface area contributed by atoms with Gasteiger partial charge in [-0.3, -0.25) is 0 Å². The van der Waals surface area contributed by atoms with Gasteiger partial charge < -0.3 is 4.74 Å². The number of sulfonamides is 2. The Hall–Kier alpha value is -1.46. The maximum absolute atomic E-state index is 12.2. The SMILES string of the molecule is COc1ccc(S(=O)(=O)NCN(C)S(=O)(=O)c2cccs2)cc1. The van der Waals surface area contributed by atoms with Crippen LogP contribution in [0.3, 0.4) is 0 Å². The Balaban J connectivity index is 2.09. The Kier molecular flexibility index (Phi) is 5.42. The van der Waals surface area contributed by atoms with Crippen molar-refractivity contribution in [2.24, 2.45) is 0 Å². The van der Waals surface area contributed by atoms with Gasteiger partial charge in [0.25, 0.3) is 10.0 Å². The van der Waals surface area contributed by atoms with Gasteiger partial charge in [0.05, 0.1) is 18.7 Å². The molecule has 1 N–H and O–H groups in total. The molecule has 0 aliphatic heterocycles. The van der Waals surface area contributed by atoms with E-state index in [0.717, 1.165) is 15.6 Å². The van der Waals surface area contributed by atoms with Crippen LogP contribution in [0, 0.1) is 0 Å². The normalized spacial score (nSPS) is 12.5. The van der Waals surface area contributed by atoms with Gasteiger partial charge in [-0.05, 0) is 35.7 Å². The van der Waals surface area contributed by atoms with Gasteiger partial charge in [-0.2, -0.15) is 9.03 Å². The van der Waals surface area contributed by atoms with Crippen LogP contribution in [0.2, 0.25) is 0 Å². The van der Waals surface area contributed by atoms with Gasteiger partial charge in [0.2, 0.25) is 10.0 Å². The molecule has 0 saturated carbocycles. The second-order valence-corrected chi connectivity index (χ2v) is 9.50. The summed E-state index contributed by atoms with van der Waals surface area (Å²) in [5.74, 6) is 0.529. The standard InChI is InChI=1S/C13H16N2O5S3/c1-15(23(18,19)13-4-3-9-21-13)10-14-22(16,17)12-7-5-11(20-2)6-8-12/h3-9,14H,10H2,1-2H3. The predicted octanol–water partition coefficient (Wildman–Crippen LogP) is 1.31. The van der Waals surface area contributed by atoms with E-state index in [1.807, 2.05) is 0 Å². The molecule has 0 amide bonds. The van der Waals surface area contributed by atoms with Crippen molar-refractivity contribution in [3.63, 3.8) is 0 Å². The van der Waals surface area contributed by atoms with Crippen molar-refractivity contribution < 1.29 is 21.6 Å². The Morgan fingerprint density at radius 3 is 2.30 bits per heavy atom.